The number of anilines is 1. The summed E-state index contributed by atoms with van der Waals surface area (Å²) < 4.78 is 11.4. The summed E-state index contributed by atoms with van der Waals surface area (Å²) in [5.74, 6) is -0.108. The minimum atomic E-state index is -0.519. The number of hydrogen-bond donors (Lipinski definition) is 1. The molecule has 0 amide bonds. The number of carbonyl (C=O) groups excluding carboxylic acids is 1. The first kappa shape index (κ1) is 16.0. The van der Waals surface area contributed by atoms with Gasteiger partial charge in [0.1, 0.15) is 11.0 Å². The Bertz CT molecular complexity index is 575. The second kappa shape index (κ2) is 7.04. The molecule has 1 aliphatic heterocycles. The van der Waals surface area contributed by atoms with E-state index in [1.54, 1.807) is 0 Å². The van der Waals surface area contributed by atoms with E-state index >= 15 is 0 Å². The molecule has 0 radical (unpaired) electrons. The van der Waals surface area contributed by atoms with E-state index in [0.717, 1.165) is 17.7 Å². The van der Waals surface area contributed by atoms with Crippen LogP contribution in [0.4, 0.5) is 5.69 Å². The third-order valence-corrected chi connectivity index (χ3v) is 4.35. The molecule has 0 aromatic carbocycles. The van der Waals surface area contributed by atoms with Gasteiger partial charge in [0.15, 0.2) is 0 Å². The number of ether oxygens (including phenoxy) is 2. The van der Waals surface area contributed by atoms with Crippen LogP contribution in [0.3, 0.4) is 0 Å². The predicted octanol–water partition coefficient (Wildman–Crippen LogP) is 1.02. The number of esters is 1. The fraction of sp³-hybridized carbons (Fsp3) is 0.615. The van der Waals surface area contributed by atoms with Crippen molar-refractivity contribution in [3.63, 3.8) is 0 Å². The molecule has 7 nitrogen and oxygen atoms in total. The topological polar surface area (TPSA) is 82.5 Å². The SMILES string of the molecule is COC(=O)Cn1ncc(NCC2CCOC2C)c(Br)c1=O. The number of aromatic nitrogens is 2. The van der Waals surface area contributed by atoms with Gasteiger partial charge in [-0.2, -0.15) is 5.10 Å². The summed E-state index contributed by atoms with van der Waals surface area (Å²) >= 11 is 3.25. The summed E-state index contributed by atoms with van der Waals surface area (Å²) in [4.78, 5) is 23.3. The van der Waals surface area contributed by atoms with E-state index < -0.39 is 5.97 Å². The summed E-state index contributed by atoms with van der Waals surface area (Å²) in [5, 5.41) is 7.17. The Morgan fingerprint density at radius 1 is 1.67 bits per heavy atom. The molecule has 0 bridgehead atoms. The van der Waals surface area contributed by atoms with Gasteiger partial charge in [-0.3, -0.25) is 9.59 Å². The number of nitrogens with zero attached hydrogens (tertiary/aromatic N) is 2. The molecule has 1 saturated heterocycles. The lowest BCUT2D eigenvalue weighted by Crippen LogP contribution is -2.29. The normalized spacial score (nSPS) is 21.3. The minimum absolute atomic E-state index is 0.207. The molecular formula is C13H18BrN3O4. The van der Waals surface area contributed by atoms with Crippen molar-refractivity contribution in [3.05, 3.63) is 21.0 Å². The van der Waals surface area contributed by atoms with Crippen LogP contribution in [0.25, 0.3) is 0 Å². The third kappa shape index (κ3) is 3.82. The molecule has 1 fully saturated rings. The van der Waals surface area contributed by atoms with Gasteiger partial charge in [-0.25, -0.2) is 4.68 Å². The Balaban J connectivity index is 2.06. The monoisotopic (exact) mass is 359 g/mol. The first-order chi connectivity index (χ1) is 10.0. The van der Waals surface area contributed by atoms with Crippen LogP contribution >= 0.6 is 15.9 Å². The van der Waals surface area contributed by atoms with E-state index in [-0.39, 0.29) is 18.2 Å². The molecule has 1 aromatic rings. The summed E-state index contributed by atoms with van der Waals surface area (Å²) in [6.07, 6.45) is 2.73. The molecule has 2 atom stereocenters. The van der Waals surface area contributed by atoms with E-state index in [4.69, 9.17) is 4.74 Å². The van der Waals surface area contributed by atoms with Gasteiger partial charge in [0.25, 0.3) is 5.56 Å². The second-order valence-electron chi connectivity index (χ2n) is 4.92. The third-order valence-electron chi connectivity index (χ3n) is 3.58. The highest BCUT2D eigenvalue weighted by Crippen LogP contribution is 2.22. The van der Waals surface area contributed by atoms with Crippen LogP contribution in [-0.2, 0) is 20.8 Å². The van der Waals surface area contributed by atoms with Crippen molar-refractivity contribution in [3.8, 4) is 0 Å². The molecule has 0 aliphatic carbocycles. The van der Waals surface area contributed by atoms with Crippen molar-refractivity contribution < 1.29 is 14.3 Å². The summed E-state index contributed by atoms with van der Waals surface area (Å²) in [6.45, 7) is 3.32. The maximum Gasteiger partial charge on any atom is 0.327 e. The standard InChI is InChI=1S/C13H18BrN3O4/c1-8-9(3-4-21-8)5-15-10-6-16-17(7-11(18)20-2)13(19)12(10)14/h6,8-9,15H,3-5,7H2,1-2H3. The Kier molecular flexibility index (Phi) is 5.35. The van der Waals surface area contributed by atoms with Crippen LogP contribution < -0.4 is 10.9 Å². The fourth-order valence-corrected chi connectivity index (χ4v) is 2.62. The number of rotatable bonds is 5. The van der Waals surface area contributed by atoms with Gasteiger partial charge in [-0.05, 0) is 29.3 Å². The fourth-order valence-electron chi connectivity index (χ4n) is 2.17. The molecule has 0 saturated carbocycles. The van der Waals surface area contributed by atoms with Gasteiger partial charge in [-0.15, -0.1) is 0 Å². The zero-order valence-electron chi connectivity index (χ0n) is 12.0. The van der Waals surface area contributed by atoms with Crippen LogP contribution in [0.15, 0.2) is 15.5 Å². The van der Waals surface area contributed by atoms with Crippen molar-refractivity contribution in [2.24, 2.45) is 5.92 Å². The maximum atomic E-state index is 12.1. The molecule has 2 unspecified atom stereocenters. The Morgan fingerprint density at radius 3 is 3.05 bits per heavy atom. The second-order valence-corrected chi connectivity index (χ2v) is 5.71. The minimum Gasteiger partial charge on any atom is -0.468 e. The van der Waals surface area contributed by atoms with Crippen molar-refractivity contribution in [1.82, 2.24) is 9.78 Å². The first-order valence-corrected chi connectivity index (χ1v) is 7.50. The van der Waals surface area contributed by atoms with Gasteiger partial charge in [0.05, 0.1) is 25.1 Å². The van der Waals surface area contributed by atoms with Crippen molar-refractivity contribution in [2.45, 2.75) is 26.0 Å². The molecule has 1 aromatic heterocycles. The number of nitrogens with one attached hydrogen (secondary N) is 1. The Morgan fingerprint density at radius 2 is 2.43 bits per heavy atom. The molecule has 2 heterocycles. The average Bonchev–Trinajstić information content (AvgIpc) is 2.88. The highest BCUT2D eigenvalue weighted by Gasteiger charge is 2.24. The van der Waals surface area contributed by atoms with Crippen molar-refractivity contribution in [2.75, 3.05) is 25.6 Å². The highest BCUT2D eigenvalue weighted by atomic mass is 79.9. The number of hydrogen-bond acceptors (Lipinski definition) is 6. The van der Waals surface area contributed by atoms with Gasteiger partial charge >= 0.3 is 5.97 Å². The van der Waals surface area contributed by atoms with Crippen molar-refractivity contribution >= 4 is 27.6 Å². The molecule has 1 N–H and O–H groups in total. The van der Waals surface area contributed by atoms with Crippen molar-refractivity contribution in [1.29, 1.82) is 0 Å². The lowest BCUT2D eigenvalue weighted by Gasteiger charge is -2.16. The molecule has 116 valence electrons. The smallest absolute Gasteiger partial charge is 0.327 e. The average molecular weight is 360 g/mol. The Hall–Kier alpha value is -1.41. The highest BCUT2D eigenvalue weighted by molar-refractivity contribution is 9.10. The van der Waals surface area contributed by atoms with E-state index in [9.17, 15) is 9.59 Å². The molecule has 8 heteroatoms. The van der Waals surface area contributed by atoms with Gasteiger partial charge in [-0.1, -0.05) is 0 Å². The van der Waals surface area contributed by atoms with E-state index in [1.807, 2.05) is 6.92 Å². The van der Waals surface area contributed by atoms with Crippen LogP contribution in [0.1, 0.15) is 13.3 Å². The van der Waals surface area contributed by atoms with Crippen LogP contribution in [0, 0.1) is 5.92 Å². The number of carbonyl (C=O) groups is 1. The quantitative estimate of drug-likeness (QED) is 0.790. The van der Waals surface area contributed by atoms with Gasteiger partial charge < -0.3 is 14.8 Å². The zero-order chi connectivity index (χ0) is 15.4. The van der Waals surface area contributed by atoms with Crippen LogP contribution in [0.2, 0.25) is 0 Å². The molecular weight excluding hydrogens is 342 g/mol. The van der Waals surface area contributed by atoms with Gasteiger partial charge in [0, 0.05) is 19.1 Å². The van der Waals surface area contributed by atoms with Gasteiger partial charge in [0.2, 0.25) is 0 Å². The summed E-state index contributed by atoms with van der Waals surface area (Å²) in [5.41, 5.74) is 0.237. The molecule has 0 spiro atoms. The first-order valence-electron chi connectivity index (χ1n) is 6.70. The Labute approximate surface area is 130 Å². The maximum absolute atomic E-state index is 12.1. The van der Waals surface area contributed by atoms with E-state index in [1.165, 1.54) is 13.3 Å². The van der Waals surface area contributed by atoms with E-state index in [2.05, 4.69) is 31.1 Å². The number of halogens is 1. The zero-order valence-corrected chi connectivity index (χ0v) is 13.6. The van der Waals surface area contributed by atoms with E-state index in [0.29, 0.717) is 22.6 Å². The van der Waals surface area contributed by atoms with Crippen LogP contribution in [-0.4, -0.2) is 42.1 Å². The number of methoxy groups -OCH3 is 1. The summed E-state index contributed by atoms with van der Waals surface area (Å²) in [7, 11) is 1.27. The summed E-state index contributed by atoms with van der Waals surface area (Å²) in [6, 6.07) is 0. The molecule has 21 heavy (non-hydrogen) atoms. The van der Waals surface area contributed by atoms with Crippen LogP contribution in [0.5, 0.6) is 0 Å². The lowest BCUT2D eigenvalue weighted by molar-refractivity contribution is -0.141. The molecule has 1 aliphatic rings. The largest absolute Gasteiger partial charge is 0.468 e. The predicted molar refractivity (Wildman–Crippen MR) is 80.2 cm³/mol. The molecule has 2 rings (SSSR count). The lowest BCUT2D eigenvalue weighted by atomic mass is 10.0.